The van der Waals surface area contributed by atoms with Gasteiger partial charge in [0, 0.05) is 50.2 Å². The van der Waals surface area contributed by atoms with E-state index in [4.69, 9.17) is 24.7 Å². The van der Waals surface area contributed by atoms with Crippen LogP contribution in [-0.4, -0.2) is 126 Å². The number of nitrogens with two attached hydrogens (primary N) is 1. The molecule has 13 nitrogen and oxygen atoms in total. The largest absolute Gasteiger partial charge is 0.474 e. The van der Waals surface area contributed by atoms with Crippen LogP contribution in [0.1, 0.15) is 75.7 Å². The second-order valence-corrected chi connectivity index (χ2v) is 14.9. The molecule has 0 spiro atoms. The van der Waals surface area contributed by atoms with Gasteiger partial charge in [0.25, 0.3) is 0 Å². The Morgan fingerprint density at radius 1 is 1.04 bits per heavy atom. The number of nitrogens with zero attached hydrogens (tertiary/aromatic N) is 4. The average molecular weight is 677 g/mol. The second-order valence-electron chi connectivity index (χ2n) is 13.8. The minimum Gasteiger partial charge on any atom is -0.474 e. The van der Waals surface area contributed by atoms with E-state index < -0.39 is 23.7 Å². The van der Waals surface area contributed by atoms with Crippen LogP contribution in [0.4, 0.5) is 4.79 Å². The van der Waals surface area contributed by atoms with Crippen LogP contribution < -0.4 is 15.8 Å². The molecule has 5 rings (SSSR count). The molecule has 14 heteroatoms. The summed E-state index contributed by atoms with van der Waals surface area (Å²) >= 11 is 1.67. The summed E-state index contributed by atoms with van der Waals surface area (Å²) in [5, 5.41) is 13.8. The van der Waals surface area contributed by atoms with Gasteiger partial charge in [-0.1, -0.05) is 0 Å². The first kappa shape index (κ1) is 35.7. The number of piperazine rings is 1. The summed E-state index contributed by atoms with van der Waals surface area (Å²) in [6.07, 6.45) is 6.39. The Labute approximate surface area is 281 Å². The van der Waals surface area contributed by atoms with Crippen molar-refractivity contribution in [2.45, 2.75) is 95.5 Å². The van der Waals surface area contributed by atoms with Crippen LogP contribution in [0.25, 0.3) is 10.2 Å². The Balaban J connectivity index is 0.965. The normalized spacial score (nSPS) is 23.0. The van der Waals surface area contributed by atoms with E-state index in [1.165, 1.54) is 4.88 Å². The zero-order valence-corrected chi connectivity index (χ0v) is 28.9. The van der Waals surface area contributed by atoms with Crippen LogP contribution in [0.2, 0.25) is 0 Å². The molecule has 2 aromatic rings. The molecular weight excluding hydrogens is 624 g/mol. The van der Waals surface area contributed by atoms with Crippen molar-refractivity contribution in [3.63, 3.8) is 0 Å². The van der Waals surface area contributed by atoms with E-state index in [1.54, 1.807) is 17.7 Å². The fraction of sp³-hybridized carbons (Fsp3) is 0.758. The molecule has 262 valence electrons. The predicted molar refractivity (Wildman–Crippen MR) is 179 cm³/mol. The Bertz CT molecular complexity index is 1320. The lowest BCUT2D eigenvalue weighted by molar-refractivity contribution is -0.126. The van der Waals surface area contributed by atoms with Crippen molar-refractivity contribution in [1.29, 1.82) is 0 Å². The number of aryl methyl sites for hydroxylation is 1. The van der Waals surface area contributed by atoms with Crippen LogP contribution in [0, 0.1) is 0 Å². The third-order valence-electron chi connectivity index (χ3n) is 9.22. The van der Waals surface area contributed by atoms with Crippen LogP contribution in [0.5, 0.6) is 5.88 Å². The zero-order chi connectivity index (χ0) is 33.4. The van der Waals surface area contributed by atoms with Crippen LogP contribution in [0.3, 0.4) is 0 Å². The van der Waals surface area contributed by atoms with Gasteiger partial charge in [-0.15, -0.1) is 11.3 Å². The molecule has 2 fully saturated rings. The van der Waals surface area contributed by atoms with Crippen LogP contribution in [-0.2, 0) is 25.4 Å². The van der Waals surface area contributed by atoms with Gasteiger partial charge in [-0.25, -0.2) is 14.8 Å². The number of amides is 2. The molecule has 2 aliphatic carbocycles. The maximum absolute atomic E-state index is 11.6. The fourth-order valence-corrected chi connectivity index (χ4v) is 8.08. The average Bonchev–Trinajstić information content (AvgIpc) is 3.60. The minimum absolute atomic E-state index is 0.0517. The van der Waals surface area contributed by atoms with Gasteiger partial charge in [0.05, 0.1) is 31.8 Å². The van der Waals surface area contributed by atoms with E-state index in [0.717, 1.165) is 87.0 Å². The quantitative estimate of drug-likeness (QED) is 0.238. The first-order valence-corrected chi connectivity index (χ1v) is 17.9. The smallest absolute Gasteiger partial charge is 0.407 e. The number of hydrogen-bond acceptors (Lipinski definition) is 12. The third-order valence-corrected chi connectivity index (χ3v) is 10.4. The molecule has 3 aliphatic rings. The van der Waals surface area contributed by atoms with Crippen LogP contribution >= 0.6 is 11.3 Å². The van der Waals surface area contributed by atoms with Crippen molar-refractivity contribution in [1.82, 2.24) is 25.1 Å². The number of ether oxygens (including phenoxy) is 4. The number of fused-ring (bicyclic) bond motifs is 3. The Morgan fingerprint density at radius 3 is 2.47 bits per heavy atom. The van der Waals surface area contributed by atoms with E-state index in [0.29, 0.717) is 51.3 Å². The highest BCUT2D eigenvalue weighted by Gasteiger charge is 2.34. The van der Waals surface area contributed by atoms with E-state index in [-0.39, 0.29) is 12.0 Å². The monoisotopic (exact) mass is 676 g/mol. The number of thiophene rings is 1. The number of primary amides is 1. The summed E-state index contributed by atoms with van der Waals surface area (Å²) in [7, 11) is 0. The molecule has 2 atom stereocenters. The van der Waals surface area contributed by atoms with E-state index in [2.05, 4.69) is 25.1 Å². The van der Waals surface area contributed by atoms with E-state index in [1.807, 2.05) is 20.8 Å². The molecule has 0 bridgehead atoms. The molecule has 47 heavy (non-hydrogen) atoms. The maximum Gasteiger partial charge on any atom is 0.407 e. The molecule has 1 aliphatic heterocycles. The first-order valence-electron chi connectivity index (χ1n) is 17.1. The van der Waals surface area contributed by atoms with E-state index >= 15 is 0 Å². The number of carbonyl (C=O) groups excluding carboxylic acids is 2. The number of alkyl carbamates (subject to hydrolysis) is 1. The first-order chi connectivity index (χ1) is 22.6. The van der Waals surface area contributed by atoms with Gasteiger partial charge in [-0.2, -0.15) is 0 Å². The van der Waals surface area contributed by atoms with Crippen molar-refractivity contribution >= 4 is 33.6 Å². The fourth-order valence-electron chi connectivity index (χ4n) is 6.84. The summed E-state index contributed by atoms with van der Waals surface area (Å²) in [5.41, 5.74) is 5.98. The number of rotatable bonds is 15. The highest BCUT2D eigenvalue weighted by molar-refractivity contribution is 7.19. The van der Waals surface area contributed by atoms with Crippen molar-refractivity contribution in [2.75, 3.05) is 65.7 Å². The molecule has 0 aromatic carbocycles. The molecule has 3 heterocycles. The lowest BCUT2D eigenvalue weighted by Crippen LogP contribution is -2.52. The van der Waals surface area contributed by atoms with E-state index in [9.17, 15) is 14.7 Å². The Morgan fingerprint density at radius 2 is 1.77 bits per heavy atom. The minimum atomic E-state index is -1.15. The lowest BCUT2D eigenvalue weighted by atomic mass is 9.91. The number of aromatic nitrogens is 2. The predicted octanol–water partition coefficient (Wildman–Crippen LogP) is 2.82. The Hall–Kier alpha value is -2.62. The van der Waals surface area contributed by atoms with Crippen molar-refractivity contribution in [3.05, 3.63) is 16.8 Å². The second kappa shape index (κ2) is 16.7. The van der Waals surface area contributed by atoms with Gasteiger partial charge in [0.2, 0.25) is 11.8 Å². The topological polar surface area (TPSA) is 162 Å². The number of aliphatic hydroxyl groups excluding tert-OH is 1. The molecule has 0 radical (unpaired) electrons. The van der Waals surface area contributed by atoms with Gasteiger partial charge >= 0.3 is 6.09 Å². The van der Waals surface area contributed by atoms with Gasteiger partial charge in [-0.05, 0) is 77.2 Å². The van der Waals surface area contributed by atoms with Crippen molar-refractivity contribution < 1.29 is 33.6 Å². The van der Waals surface area contributed by atoms with Crippen LogP contribution in [0.15, 0.2) is 6.33 Å². The molecule has 2 aromatic heterocycles. The van der Waals surface area contributed by atoms with Gasteiger partial charge in [0.15, 0.2) is 0 Å². The standard InChI is InChI=1S/C33H52N6O7S/c1-33(2,3)46-32(42)35-10-16-43-18-19-44-17-15-38-11-13-39(14-12-38)23-5-7-24(8-6-23)45-30-28-27-22(20-25(40)29(34)41)4-9-26(27)47-31(28)37-21-36-30/h21-25,40H,4-20H2,1-3H3,(H2,34,41)(H,35,42)/t22-,23-,24-,25+/m1/s1. The maximum atomic E-state index is 11.6. The summed E-state index contributed by atoms with van der Waals surface area (Å²) in [6.45, 7) is 13.2. The highest BCUT2D eigenvalue weighted by Crippen LogP contribution is 2.47. The number of aliphatic hydroxyl groups is 1. The number of nitrogens with one attached hydrogen (secondary N) is 1. The Kier molecular flexibility index (Phi) is 12.6. The summed E-state index contributed by atoms with van der Waals surface area (Å²) < 4.78 is 23.0. The van der Waals surface area contributed by atoms with Gasteiger partial charge < -0.3 is 35.1 Å². The molecule has 1 saturated carbocycles. The molecule has 0 unspecified atom stereocenters. The molecule has 2 amide bonds. The summed E-state index contributed by atoms with van der Waals surface area (Å²) in [4.78, 5) is 39.5. The lowest BCUT2D eigenvalue weighted by Gasteiger charge is -2.41. The van der Waals surface area contributed by atoms with Gasteiger partial charge in [-0.3, -0.25) is 14.6 Å². The SMILES string of the molecule is CC(C)(C)OC(=O)NCCOCCOCCN1CCN([C@H]2CC[C@H](Oc3ncnc4sc5c(c34)[C@@H](C[C@H](O)C(N)=O)CC5)CC2)CC1. The number of carbonyl (C=O) groups is 2. The van der Waals surface area contributed by atoms with Gasteiger partial charge in [0.1, 0.15) is 29.0 Å². The van der Waals surface area contributed by atoms with Crippen molar-refractivity contribution in [3.8, 4) is 5.88 Å². The number of hydrogen-bond donors (Lipinski definition) is 3. The molecule has 1 saturated heterocycles. The summed E-state index contributed by atoms with van der Waals surface area (Å²) in [5.74, 6) is 0.00395. The van der Waals surface area contributed by atoms with Crippen molar-refractivity contribution in [2.24, 2.45) is 5.73 Å². The molecule has 4 N–H and O–H groups in total. The third kappa shape index (κ3) is 10.2. The summed E-state index contributed by atoms with van der Waals surface area (Å²) in [6, 6.07) is 0.575. The molecular formula is C33H52N6O7S. The zero-order valence-electron chi connectivity index (χ0n) is 28.1. The highest BCUT2D eigenvalue weighted by atomic mass is 32.1.